The number of amides is 1. The molecule has 3 aromatic rings. The van der Waals surface area contributed by atoms with Crippen LogP contribution in [-0.4, -0.2) is 31.2 Å². The van der Waals surface area contributed by atoms with Gasteiger partial charge < -0.3 is 10.7 Å². The Kier molecular flexibility index (Phi) is 5.01. The Bertz CT molecular complexity index is 1240. The minimum Gasteiger partial charge on any atom is -0.365 e. The number of hydrogen-bond donors (Lipinski definition) is 3. The molecule has 5 N–H and O–H groups in total. The third kappa shape index (κ3) is 4.39. The zero-order valence-corrected chi connectivity index (χ0v) is 18.5. The number of pyridine rings is 1. The van der Waals surface area contributed by atoms with Crippen molar-refractivity contribution in [3.8, 4) is 11.5 Å². The van der Waals surface area contributed by atoms with Crippen LogP contribution in [0.2, 0.25) is 19.6 Å². The topological polar surface area (TPSA) is 85.1 Å². The first-order valence-electron chi connectivity index (χ1n) is 10.1. The van der Waals surface area contributed by atoms with E-state index in [9.17, 15) is 18.0 Å². The van der Waals surface area contributed by atoms with E-state index in [1.165, 1.54) is 6.20 Å². The number of hydrogen-bond acceptors (Lipinski definition) is 2. The normalized spacial score (nSPS) is 15.5. The Morgan fingerprint density at radius 3 is 2.61 bits per heavy atom. The number of carbonyl (C=O) groups is 1. The Balaban J connectivity index is 1.88. The van der Waals surface area contributed by atoms with Crippen LogP contribution in [0.3, 0.4) is 0 Å². The number of benzene rings is 1. The van der Waals surface area contributed by atoms with E-state index < -0.39 is 32.1 Å². The average Bonchev–Trinajstić information content (AvgIpc) is 3.41. The van der Waals surface area contributed by atoms with Crippen molar-refractivity contribution in [1.82, 2.24) is 4.98 Å². The quantitative estimate of drug-likeness (QED) is 0.415. The highest BCUT2D eigenvalue weighted by Gasteiger charge is 2.52. The average molecular weight is 446 g/mol. The minimum absolute atomic E-state index is 0.182. The molecule has 1 saturated carbocycles. The number of primary amides is 1. The van der Waals surface area contributed by atoms with Gasteiger partial charge in [0.2, 0.25) is 0 Å². The van der Waals surface area contributed by atoms with Crippen molar-refractivity contribution < 1.29 is 22.9 Å². The predicted molar refractivity (Wildman–Crippen MR) is 117 cm³/mol. The molecule has 1 aromatic carbocycles. The van der Waals surface area contributed by atoms with Gasteiger partial charge in [0, 0.05) is 22.4 Å². The lowest BCUT2D eigenvalue weighted by atomic mass is 10.1. The monoisotopic (exact) mass is 445 g/mol. The molecule has 0 spiro atoms. The molecule has 1 aliphatic carbocycles. The van der Waals surface area contributed by atoms with Crippen molar-refractivity contribution in [3.63, 3.8) is 0 Å². The van der Waals surface area contributed by atoms with Crippen LogP contribution in [-0.2, 0) is 0 Å². The van der Waals surface area contributed by atoms with Crippen LogP contribution in [0.5, 0.6) is 0 Å². The number of H-pyrrole nitrogens is 2. The molecule has 0 bridgehead atoms. The van der Waals surface area contributed by atoms with Crippen molar-refractivity contribution in [3.05, 3.63) is 35.5 Å². The summed E-state index contributed by atoms with van der Waals surface area (Å²) < 4.78 is 40.8. The number of rotatable bonds is 4. The van der Waals surface area contributed by atoms with Gasteiger partial charge in [0.15, 0.2) is 6.04 Å². The van der Waals surface area contributed by atoms with Gasteiger partial charge in [0.25, 0.3) is 11.7 Å². The molecule has 0 saturated heterocycles. The summed E-state index contributed by atoms with van der Waals surface area (Å²) in [5, 5.41) is 3.82. The minimum atomic E-state index is -4.38. The molecule has 1 atom stereocenters. The number of aromatic amines is 2. The van der Waals surface area contributed by atoms with Crippen LogP contribution in [0.15, 0.2) is 24.4 Å². The highest BCUT2D eigenvalue weighted by atomic mass is 28.3. The van der Waals surface area contributed by atoms with Crippen LogP contribution in [0, 0.1) is 17.4 Å². The number of aromatic nitrogens is 2. The molecule has 2 heterocycles. The van der Waals surface area contributed by atoms with Crippen molar-refractivity contribution in [2.24, 2.45) is 11.7 Å². The molecule has 4 rings (SSSR count). The summed E-state index contributed by atoms with van der Waals surface area (Å²) in [4.78, 5) is 17.9. The van der Waals surface area contributed by atoms with E-state index in [2.05, 4.69) is 46.4 Å². The lowest BCUT2D eigenvalue weighted by molar-refractivity contribution is -0.360. The summed E-state index contributed by atoms with van der Waals surface area (Å²) in [6.45, 7) is 6.43. The SMILES string of the molecule is C[Si](C)(C)C#Cc1ccc2c(c1)[nH]c1c(C(N)=O)c[nH+]c(N[C@H](C3CC3)C(F)(F)F)c12. The van der Waals surface area contributed by atoms with E-state index in [1.54, 1.807) is 0 Å². The standard InChI is InChI=1S/C22H23F3N4OSi/c1-31(2,3)9-8-12-4-7-14-16(10-12)28-18-15(20(26)30)11-27-21(17(14)18)29-19(13-5-6-13)22(23,24)25/h4,7,10-11,13,19,28H,5-6H2,1-3H3,(H2,26,30)(H,27,29)/p+1/t19-/m1/s1. The molecular formula is C22H24F3N4OSi+. The van der Waals surface area contributed by atoms with Gasteiger partial charge in [-0.3, -0.25) is 10.1 Å². The van der Waals surface area contributed by atoms with Gasteiger partial charge in [-0.15, -0.1) is 5.54 Å². The second kappa shape index (κ2) is 7.30. The second-order valence-electron chi connectivity index (χ2n) is 9.08. The summed E-state index contributed by atoms with van der Waals surface area (Å²) in [6, 6.07) is 3.84. The highest BCUT2D eigenvalue weighted by Crippen LogP contribution is 2.42. The van der Waals surface area contributed by atoms with Gasteiger partial charge in [-0.1, -0.05) is 31.6 Å². The van der Waals surface area contributed by atoms with Gasteiger partial charge in [0.1, 0.15) is 19.8 Å². The number of nitrogens with two attached hydrogens (primary N) is 1. The lowest BCUT2D eigenvalue weighted by Gasteiger charge is -2.17. The van der Waals surface area contributed by atoms with Crippen molar-refractivity contribution in [2.45, 2.75) is 44.7 Å². The molecule has 5 nitrogen and oxygen atoms in total. The summed E-state index contributed by atoms with van der Waals surface area (Å²) >= 11 is 0. The summed E-state index contributed by atoms with van der Waals surface area (Å²) in [5.74, 6) is 2.26. The maximum absolute atomic E-state index is 13.6. The Morgan fingerprint density at radius 1 is 1.32 bits per heavy atom. The third-order valence-corrected chi connectivity index (χ3v) is 6.15. The number of carbonyl (C=O) groups excluding carboxylic acids is 1. The largest absolute Gasteiger partial charge is 0.428 e. The molecule has 9 heteroatoms. The molecule has 0 radical (unpaired) electrons. The molecule has 162 valence electrons. The summed E-state index contributed by atoms with van der Waals surface area (Å²) in [5.41, 5.74) is 10.9. The second-order valence-corrected chi connectivity index (χ2v) is 13.8. The number of alkyl halides is 3. The highest BCUT2D eigenvalue weighted by molar-refractivity contribution is 6.83. The maximum Gasteiger partial charge on any atom is 0.428 e. The zero-order chi connectivity index (χ0) is 22.6. The van der Waals surface area contributed by atoms with Crippen molar-refractivity contribution in [2.75, 3.05) is 5.32 Å². The van der Waals surface area contributed by atoms with Crippen LogP contribution in [0.1, 0.15) is 28.8 Å². The molecule has 1 aliphatic rings. The Morgan fingerprint density at radius 2 is 2.03 bits per heavy atom. The van der Waals surface area contributed by atoms with Crippen LogP contribution in [0.25, 0.3) is 21.8 Å². The molecular weight excluding hydrogens is 421 g/mol. The van der Waals surface area contributed by atoms with Crippen LogP contribution >= 0.6 is 0 Å². The summed E-state index contributed by atoms with van der Waals surface area (Å²) in [7, 11) is -1.57. The van der Waals surface area contributed by atoms with Crippen molar-refractivity contribution in [1.29, 1.82) is 0 Å². The molecule has 1 fully saturated rings. The van der Waals surface area contributed by atoms with E-state index in [0.717, 1.165) is 5.56 Å². The predicted octanol–water partition coefficient (Wildman–Crippen LogP) is 4.22. The fourth-order valence-corrected chi connectivity index (χ4v) is 4.16. The van der Waals surface area contributed by atoms with Crippen molar-refractivity contribution >= 4 is 41.6 Å². The zero-order valence-electron chi connectivity index (χ0n) is 17.5. The van der Waals surface area contributed by atoms with Gasteiger partial charge >= 0.3 is 6.18 Å². The number of halogens is 3. The van der Waals surface area contributed by atoms with Gasteiger partial charge in [-0.2, -0.15) is 13.2 Å². The summed E-state index contributed by atoms with van der Waals surface area (Å²) in [6.07, 6.45) is -1.97. The lowest BCUT2D eigenvalue weighted by Crippen LogP contribution is -2.40. The fraction of sp³-hybridized carbons (Fsp3) is 0.364. The number of fused-ring (bicyclic) bond motifs is 3. The number of nitrogens with one attached hydrogen (secondary N) is 3. The molecule has 0 aliphatic heterocycles. The van der Waals surface area contributed by atoms with E-state index in [0.29, 0.717) is 34.6 Å². The van der Waals surface area contributed by atoms with Gasteiger partial charge in [-0.25, -0.2) is 4.98 Å². The first kappa shape index (κ1) is 21.2. The van der Waals surface area contributed by atoms with E-state index in [1.807, 2.05) is 18.2 Å². The fourth-order valence-electron chi connectivity index (χ4n) is 3.65. The molecule has 31 heavy (non-hydrogen) atoms. The van der Waals surface area contributed by atoms with Crippen LogP contribution in [0.4, 0.5) is 19.0 Å². The molecule has 0 unspecified atom stereocenters. The molecule has 1 amide bonds. The molecule has 2 aromatic heterocycles. The third-order valence-electron chi connectivity index (χ3n) is 5.27. The van der Waals surface area contributed by atoms with E-state index >= 15 is 0 Å². The van der Waals surface area contributed by atoms with Gasteiger partial charge in [-0.05, 0) is 25.0 Å². The van der Waals surface area contributed by atoms with Crippen LogP contribution < -0.4 is 16.0 Å². The number of anilines is 1. The first-order valence-corrected chi connectivity index (χ1v) is 13.6. The van der Waals surface area contributed by atoms with E-state index in [4.69, 9.17) is 5.73 Å². The van der Waals surface area contributed by atoms with Gasteiger partial charge in [0.05, 0.1) is 10.9 Å². The smallest absolute Gasteiger partial charge is 0.365 e. The Labute approximate surface area is 178 Å². The maximum atomic E-state index is 13.6. The van der Waals surface area contributed by atoms with E-state index in [-0.39, 0.29) is 11.4 Å². The Hall–Kier alpha value is -2.99. The first-order chi connectivity index (χ1) is 14.4.